The highest BCUT2D eigenvalue weighted by molar-refractivity contribution is 5.96. The van der Waals surface area contributed by atoms with Gasteiger partial charge < -0.3 is 18.8 Å². The third-order valence-corrected chi connectivity index (χ3v) is 5.21. The summed E-state index contributed by atoms with van der Waals surface area (Å²) in [5, 5.41) is 0.721. The first-order chi connectivity index (χ1) is 14.6. The van der Waals surface area contributed by atoms with E-state index in [1.165, 1.54) is 0 Å². The van der Waals surface area contributed by atoms with Crippen molar-refractivity contribution >= 4 is 16.9 Å². The molecule has 6 heteroatoms. The topological polar surface area (TPSA) is 69.0 Å². The molecular weight excluding hydrogens is 382 g/mol. The Bertz CT molecular complexity index is 1070. The molecule has 1 saturated heterocycles. The second-order valence-electron chi connectivity index (χ2n) is 7.38. The highest BCUT2D eigenvalue weighted by atomic mass is 16.5. The van der Waals surface area contributed by atoms with E-state index in [0.29, 0.717) is 31.9 Å². The van der Waals surface area contributed by atoms with Crippen LogP contribution in [0.25, 0.3) is 11.0 Å². The molecule has 1 atom stereocenters. The van der Waals surface area contributed by atoms with E-state index < -0.39 is 5.63 Å². The molecule has 156 valence electrons. The van der Waals surface area contributed by atoms with Crippen LogP contribution >= 0.6 is 0 Å². The maximum atomic E-state index is 13.4. The minimum atomic E-state index is -0.622. The highest BCUT2D eigenvalue weighted by Crippen LogP contribution is 2.20. The second-order valence-corrected chi connectivity index (χ2v) is 7.38. The molecule has 0 radical (unpaired) electrons. The van der Waals surface area contributed by atoms with Crippen LogP contribution in [0.4, 0.5) is 0 Å². The summed E-state index contributed by atoms with van der Waals surface area (Å²) in [5.74, 6) is 0.437. The van der Waals surface area contributed by atoms with E-state index >= 15 is 0 Å². The molecule has 1 fully saturated rings. The van der Waals surface area contributed by atoms with Crippen molar-refractivity contribution in [3.8, 4) is 5.75 Å². The van der Waals surface area contributed by atoms with Gasteiger partial charge in [-0.15, -0.1) is 0 Å². The number of nitrogens with zero attached hydrogens (tertiary/aromatic N) is 1. The van der Waals surface area contributed by atoms with Crippen LogP contribution in [-0.4, -0.2) is 36.7 Å². The van der Waals surface area contributed by atoms with Gasteiger partial charge in [-0.3, -0.25) is 4.79 Å². The molecule has 1 aliphatic rings. The lowest BCUT2D eigenvalue weighted by Crippen LogP contribution is -2.38. The van der Waals surface area contributed by atoms with Crippen LogP contribution in [-0.2, 0) is 11.3 Å². The van der Waals surface area contributed by atoms with Gasteiger partial charge in [0, 0.05) is 25.1 Å². The van der Waals surface area contributed by atoms with Crippen molar-refractivity contribution in [1.29, 1.82) is 0 Å². The van der Waals surface area contributed by atoms with Crippen LogP contribution < -0.4 is 10.4 Å². The Morgan fingerprint density at radius 2 is 1.97 bits per heavy atom. The third kappa shape index (κ3) is 4.54. The molecule has 1 aromatic heterocycles. The van der Waals surface area contributed by atoms with Crippen LogP contribution in [0.3, 0.4) is 0 Å². The Morgan fingerprint density at radius 1 is 1.17 bits per heavy atom. The third-order valence-electron chi connectivity index (χ3n) is 5.21. The summed E-state index contributed by atoms with van der Waals surface area (Å²) >= 11 is 0. The Kier molecular flexibility index (Phi) is 6.14. The average molecular weight is 407 g/mol. The first-order valence-electron chi connectivity index (χ1n) is 10.3. The van der Waals surface area contributed by atoms with Gasteiger partial charge >= 0.3 is 5.63 Å². The molecule has 6 nitrogen and oxygen atoms in total. The zero-order valence-electron chi connectivity index (χ0n) is 17.0. The molecule has 2 aromatic carbocycles. The normalized spacial score (nSPS) is 16.0. The van der Waals surface area contributed by atoms with E-state index in [-0.39, 0.29) is 17.6 Å². The van der Waals surface area contributed by atoms with Gasteiger partial charge in [-0.05, 0) is 49.6 Å². The number of benzene rings is 2. The van der Waals surface area contributed by atoms with Gasteiger partial charge in [0.2, 0.25) is 0 Å². The molecule has 3 aromatic rings. The SMILES string of the molecule is CCOc1ccc(CN(CC2CCCO2)C(=O)c2cc3ccccc3oc2=O)cc1. The number of fused-ring (bicyclic) bond motifs is 1. The van der Waals surface area contributed by atoms with Crippen molar-refractivity contribution < 1.29 is 18.7 Å². The van der Waals surface area contributed by atoms with Gasteiger partial charge in [0.1, 0.15) is 16.9 Å². The fourth-order valence-electron chi connectivity index (χ4n) is 3.71. The van der Waals surface area contributed by atoms with E-state index in [1.807, 2.05) is 43.3 Å². The largest absolute Gasteiger partial charge is 0.494 e. The number of hydrogen-bond donors (Lipinski definition) is 0. The molecule has 1 aliphatic heterocycles. The summed E-state index contributed by atoms with van der Waals surface area (Å²) < 4.78 is 16.6. The summed E-state index contributed by atoms with van der Waals surface area (Å²) in [6.45, 7) is 4.04. The number of ether oxygens (including phenoxy) is 2. The maximum Gasteiger partial charge on any atom is 0.349 e. The fraction of sp³-hybridized carbons (Fsp3) is 0.333. The zero-order valence-corrected chi connectivity index (χ0v) is 17.0. The lowest BCUT2D eigenvalue weighted by Gasteiger charge is -2.25. The van der Waals surface area contributed by atoms with Gasteiger partial charge in [0.15, 0.2) is 0 Å². The number of para-hydroxylation sites is 1. The summed E-state index contributed by atoms with van der Waals surface area (Å²) in [6.07, 6.45) is 1.86. The zero-order chi connectivity index (χ0) is 20.9. The summed E-state index contributed by atoms with van der Waals surface area (Å²) in [5.41, 5.74) is 0.839. The van der Waals surface area contributed by atoms with Gasteiger partial charge in [0.25, 0.3) is 5.91 Å². The Hall–Kier alpha value is -3.12. The fourth-order valence-corrected chi connectivity index (χ4v) is 3.71. The van der Waals surface area contributed by atoms with Crippen LogP contribution in [0.5, 0.6) is 5.75 Å². The molecule has 0 aliphatic carbocycles. The van der Waals surface area contributed by atoms with E-state index in [0.717, 1.165) is 29.5 Å². The Balaban J connectivity index is 1.62. The van der Waals surface area contributed by atoms with Crippen molar-refractivity contribution in [2.45, 2.75) is 32.4 Å². The minimum Gasteiger partial charge on any atom is -0.494 e. The van der Waals surface area contributed by atoms with Gasteiger partial charge in [-0.2, -0.15) is 0 Å². The van der Waals surface area contributed by atoms with Gasteiger partial charge in [-0.1, -0.05) is 30.3 Å². The Morgan fingerprint density at radius 3 is 2.70 bits per heavy atom. The van der Waals surface area contributed by atoms with Gasteiger partial charge in [0.05, 0.1) is 12.7 Å². The molecule has 0 N–H and O–H groups in total. The summed E-state index contributed by atoms with van der Waals surface area (Å²) in [7, 11) is 0. The molecule has 2 heterocycles. The molecule has 30 heavy (non-hydrogen) atoms. The number of carbonyl (C=O) groups excluding carboxylic acids is 1. The number of hydrogen-bond acceptors (Lipinski definition) is 5. The first kappa shape index (κ1) is 20.2. The van der Waals surface area contributed by atoms with Crippen LogP contribution in [0.2, 0.25) is 0 Å². The smallest absolute Gasteiger partial charge is 0.349 e. The van der Waals surface area contributed by atoms with Crippen LogP contribution in [0, 0.1) is 0 Å². The summed E-state index contributed by atoms with van der Waals surface area (Å²) in [6, 6.07) is 16.4. The van der Waals surface area contributed by atoms with Crippen molar-refractivity contribution in [2.24, 2.45) is 0 Å². The Labute approximate surface area is 175 Å². The molecule has 1 amide bonds. The minimum absolute atomic E-state index is 0.0239. The first-order valence-corrected chi connectivity index (χ1v) is 10.3. The molecule has 0 bridgehead atoms. The van der Waals surface area contributed by atoms with Crippen LogP contribution in [0.1, 0.15) is 35.7 Å². The lowest BCUT2D eigenvalue weighted by molar-refractivity contribution is 0.0504. The van der Waals surface area contributed by atoms with Crippen molar-refractivity contribution in [2.75, 3.05) is 19.8 Å². The average Bonchev–Trinajstić information content (AvgIpc) is 3.27. The number of rotatable bonds is 7. The van der Waals surface area contributed by atoms with E-state index in [9.17, 15) is 9.59 Å². The second kappa shape index (κ2) is 9.13. The molecule has 4 rings (SSSR count). The molecule has 1 unspecified atom stereocenters. The monoisotopic (exact) mass is 407 g/mol. The van der Waals surface area contributed by atoms with E-state index in [1.54, 1.807) is 23.1 Å². The summed E-state index contributed by atoms with van der Waals surface area (Å²) in [4.78, 5) is 27.6. The molecule has 0 saturated carbocycles. The van der Waals surface area contributed by atoms with E-state index in [4.69, 9.17) is 13.9 Å². The van der Waals surface area contributed by atoms with Crippen LogP contribution in [0.15, 0.2) is 63.8 Å². The standard InChI is InChI=1S/C24H25NO5/c1-2-28-19-11-9-17(10-12-19)15-25(16-20-7-5-13-29-20)23(26)21-14-18-6-3-4-8-22(18)30-24(21)27/h3-4,6,8-12,14,20H,2,5,7,13,15-16H2,1H3. The van der Waals surface area contributed by atoms with Gasteiger partial charge in [-0.25, -0.2) is 4.79 Å². The number of amides is 1. The number of carbonyl (C=O) groups is 1. The molecule has 0 spiro atoms. The van der Waals surface area contributed by atoms with Crippen molar-refractivity contribution in [3.05, 3.63) is 76.1 Å². The molecular formula is C24H25NO5. The van der Waals surface area contributed by atoms with E-state index in [2.05, 4.69) is 0 Å². The maximum absolute atomic E-state index is 13.4. The predicted molar refractivity (Wildman–Crippen MR) is 114 cm³/mol. The highest BCUT2D eigenvalue weighted by Gasteiger charge is 2.26. The predicted octanol–water partition coefficient (Wildman–Crippen LogP) is 4.01. The quantitative estimate of drug-likeness (QED) is 0.554. The lowest BCUT2D eigenvalue weighted by atomic mass is 10.1. The van der Waals surface area contributed by atoms with Crippen molar-refractivity contribution in [1.82, 2.24) is 4.90 Å². The van der Waals surface area contributed by atoms with Crippen molar-refractivity contribution in [3.63, 3.8) is 0 Å².